The van der Waals surface area contributed by atoms with Crippen LogP contribution in [0.4, 0.5) is 0 Å². The van der Waals surface area contributed by atoms with Gasteiger partial charge in [0.15, 0.2) is 0 Å². The summed E-state index contributed by atoms with van der Waals surface area (Å²) in [6, 6.07) is 19.7. The van der Waals surface area contributed by atoms with E-state index in [0.717, 1.165) is 70.7 Å². The molecule has 2 aromatic carbocycles. The topological polar surface area (TPSA) is 49.6 Å². The van der Waals surface area contributed by atoms with Crippen LogP contribution >= 0.6 is 0 Å². The summed E-state index contributed by atoms with van der Waals surface area (Å²) in [5, 5.41) is 10.00. The number of hydrogen-bond acceptors (Lipinski definition) is 3. The number of nitrogens with zero attached hydrogens (tertiary/aromatic N) is 3. The van der Waals surface area contributed by atoms with Crippen LogP contribution in [0.2, 0.25) is 0 Å². The number of benzene rings is 2. The average Bonchev–Trinajstić information content (AvgIpc) is 2.86. The van der Waals surface area contributed by atoms with Crippen molar-refractivity contribution in [2.75, 3.05) is 0 Å². The normalized spacial score (nSPS) is 12.8. The van der Waals surface area contributed by atoms with Crippen LogP contribution in [0.25, 0.3) is 22.5 Å². The standard InChI is InChI=1S/C32H31N3/c1-19-20(2)24-12-14-26-8-6-9-27(34-26)15-13-25-17-29(23(5)30(18-33)22(25)4)32-11-7-10-31(35-32)28(16-24)21(19)3/h6-11,16-17H,12-15H2,1-5H3. The highest BCUT2D eigenvalue weighted by molar-refractivity contribution is 5.74. The van der Waals surface area contributed by atoms with E-state index in [0.29, 0.717) is 0 Å². The molecule has 0 amide bonds. The second-order valence-corrected chi connectivity index (χ2v) is 9.81. The van der Waals surface area contributed by atoms with Gasteiger partial charge in [0.25, 0.3) is 0 Å². The molecule has 174 valence electrons. The van der Waals surface area contributed by atoms with Crippen LogP contribution in [-0.4, -0.2) is 9.97 Å². The first kappa shape index (κ1) is 23.0. The van der Waals surface area contributed by atoms with E-state index in [9.17, 15) is 5.26 Å². The highest BCUT2D eigenvalue weighted by Gasteiger charge is 2.18. The summed E-state index contributed by atoms with van der Waals surface area (Å²) in [5.41, 5.74) is 15.7. The lowest BCUT2D eigenvalue weighted by Gasteiger charge is -2.18. The van der Waals surface area contributed by atoms with Crippen LogP contribution < -0.4 is 0 Å². The summed E-state index contributed by atoms with van der Waals surface area (Å²) >= 11 is 0. The van der Waals surface area contributed by atoms with Gasteiger partial charge in [-0.05, 0) is 136 Å². The van der Waals surface area contributed by atoms with Crippen LogP contribution in [0.15, 0.2) is 48.5 Å². The second-order valence-electron chi connectivity index (χ2n) is 9.81. The summed E-state index contributed by atoms with van der Waals surface area (Å²) < 4.78 is 0. The molecule has 3 heterocycles. The van der Waals surface area contributed by atoms with Crippen molar-refractivity contribution in [3.63, 3.8) is 0 Å². The third kappa shape index (κ3) is 4.15. The quantitative estimate of drug-likeness (QED) is 0.283. The first-order chi connectivity index (χ1) is 16.9. The first-order valence-electron chi connectivity index (χ1n) is 12.4. The molecule has 35 heavy (non-hydrogen) atoms. The zero-order valence-corrected chi connectivity index (χ0v) is 21.3. The predicted molar refractivity (Wildman–Crippen MR) is 143 cm³/mol. The Morgan fingerprint density at radius 2 is 1.14 bits per heavy atom. The summed E-state index contributed by atoms with van der Waals surface area (Å²) in [7, 11) is 0. The molecule has 0 fully saturated rings. The molecular weight excluding hydrogens is 426 g/mol. The molecule has 2 aromatic heterocycles. The molecule has 5 rings (SSSR count). The van der Waals surface area contributed by atoms with Crippen molar-refractivity contribution in [3.05, 3.63) is 104 Å². The van der Waals surface area contributed by atoms with Crippen molar-refractivity contribution >= 4 is 0 Å². The van der Waals surface area contributed by atoms with Crippen molar-refractivity contribution in [1.29, 1.82) is 5.26 Å². The number of aromatic nitrogens is 2. The molecule has 3 heteroatoms. The Balaban J connectivity index is 1.78. The highest BCUT2D eigenvalue weighted by Crippen LogP contribution is 2.34. The number of fused-ring (bicyclic) bond motifs is 10. The van der Waals surface area contributed by atoms with Crippen LogP contribution in [0.5, 0.6) is 0 Å². The maximum atomic E-state index is 10.00. The molecule has 0 atom stereocenters. The van der Waals surface area contributed by atoms with Gasteiger partial charge in [-0.25, -0.2) is 4.98 Å². The van der Waals surface area contributed by atoms with Crippen molar-refractivity contribution in [2.45, 2.75) is 60.3 Å². The SMILES string of the molecule is Cc1c2cc(c(C)c1C)-c1cccc(n1)-c1cc(c(C)c(C#N)c1C)CCc1cccc(n1)CC2. The van der Waals surface area contributed by atoms with Crippen LogP contribution in [0, 0.1) is 45.9 Å². The third-order valence-electron chi connectivity index (χ3n) is 7.86. The van der Waals surface area contributed by atoms with Crippen molar-refractivity contribution in [2.24, 2.45) is 0 Å². The molecule has 0 radical (unpaired) electrons. The fourth-order valence-corrected chi connectivity index (χ4v) is 5.37. The smallest absolute Gasteiger partial charge is 0.0997 e. The minimum absolute atomic E-state index is 0.761. The third-order valence-corrected chi connectivity index (χ3v) is 7.86. The van der Waals surface area contributed by atoms with E-state index in [4.69, 9.17) is 9.97 Å². The van der Waals surface area contributed by atoms with E-state index in [1.54, 1.807) is 0 Å². The fourth-order valence-electron chi connectivity index (χ4n) is 5.37. The molecule has 4 aromatic rings. The summed E-state index contributed by atoms with van der Waals surface area (Å²) in [6.45, 7) is 10.8. The summed E-state index contributed by atoms with van der Waals surface area (Å²) in [4.78, 5) is 10.1. The molecule has 8 bridgehead atoms. The van der Waals surface area contributed by atoms with Crippen LogP contribution in [-0.2, 0) is 25.7 Å². The van der Waals surface area contributed by atoms with Crippen LogP contribution in [0.3, 0.4) is 0 Å². The molecule has 0 unspecified atom stereocenters. The molecule has 0 N–H and O–H groups in total. The van der Waals surface area contributed by atoms with Crippen molar-refractivity contribution in [1.82, 2.24) is 9.97 Å². The van der Waals surface area contributed by atoms with Gasteiger partial charge in [0.1, 0.15) is 0 Å². The van der Waals surface area contributed by atoms with Crippen molar-refractivity contribution < 1.29 is 0 Å². The van der Waals surface area contributed by atoms with E-state index in [1.807, 2.05) is 6.92 Å². The van der Waals surface area contributed by atoms with Gasteiger partial charge in [0.2, 0.25) is 0 Å². The maximum Gasteiger partial charge on any atom is 0.0997 e. The Morgan fingerprint density at radius 3 is 1.74 bits per heavy atom. The Bertz CT molecular complexity index is 1500. The minimum Gasteiger partial charge on any atom is -0.258 e. The van der Waals surface area contributed by atoms with E-state index < -0.39 is 0 Å². The largest absolute Gasteiger partial charge is 0.258 e. The molecule has 0 spiro atoms. The lowest BCUT2D eigenvalue weighted by molar-refractivity contribution is 0.850. The van der Waals surface area contributed by atoms with Crippen LogP contribution in [0.1, 0.15) is 55.9 Å². The molecular formula is C32H31N3. The predicted octanol–water partition coefficient (Wildman–Crippen LogP) is 7.11. The second kappa shape index (κ2) is 9.12. The number of nitriles is 1. The van der Waals surface area contributed by atoms with Gasteiger partial charge in [-0.15, -0.1) is 0 Å². The van der Waals surface area contributed by atoms with Gasteiger partial charge in [-0.1, -0.05) is 12.1 Å². The van der Waals surface area contributed by atoms with Gasteiger partial charge in [-0.2, -0.15) is 5.26 Å². The zero-order chi connectivity index (χ0) is 24.7. The molecule has 1 aliphatic heterocycles. The number of hydrogen-bond donors (Lipinski definition) is 0. The fraction of sp³-hybridized carbons (Fsp3) is 0.281. The monoisotopic (exact) mass is 457 g/mol. The zero-order valence-electron chi connectivity index (χ0n) is 21.3. The Labute approximate surface area is 208 Å². The average molecular weight is 458 g/mol. The molecule has 0 aliphatic carbocycles. The van der Waals surface area contributed by atoms with E-state index in [2.05, 4.69) is 82.3 Å². The summed E-state index contributed by atoms with van der Waals surface area (Å²) in [6.07, 6.45) is 3.57. The number of aryl methyl sites for hydroxylation is 4. The van der Waals surface area contributed by atoms with Gasteiger partial charge < -0.3 is 0 Å². The van der Waals surface area contributed by atoms with Gasteiger partial charge in [-0.3, -0.25) is 4.98 Å². The van der Waals surface area contributed by atoms with E-state index >= 15 is 0 Å². The van der Waals surface area contributed by atoms with Crippen molar-refractivity contribution in [3.8, 4) is 28.6 Å². The number of pyridine rings is 2. The highest BCUT2D eigenvalue weighted by atomic mass is 14.7. The molecule has 1 aliphatic rings. The molecule has 0 saturated carbocycles. The van der Waals surface area contributed by atoms with Gasteiger partial charge in [0, 0.05) is 22.5 Å². The lowest BCUT2D eigenvalue weighted by atomic mass is 9.88. The summed E-state index contributed by atoms with van der Waals surface area (Å²) in [5.74, 6) is 0. The minimum atomic E-state index is 0.761. The van der Waals surface area contributed by atoms with E-state index in [-0.39, 0.29) is 0 Å². The number of rotatable bonds is 0. The Hall–Kier alpha value is -3.77. The molecule has 0 saturated heterocycles. The van der Waals surface area contributed by atoms with E-state index in [1.165, 1.54) is 33.4 Å². The van der Waals surface area contributed by atoms with Gasteiger partial charge in [0.05, 0.1) is 23.0 Å². The maximum absolute atomic E-state index is 10.00. The first-order valence-corrected chi connectivity index (χ1v) is 12.4. The molecule has 3 nitrogen and oxygen atoms in total. The Kier molecular flexibility index (Phi) is 5.99. The lowest BCUT2D eigenvalue weighted by Crippen LogP contribution is -2.05. The van der Waals surface area contributed by atoms with Gasteiger partial charge >= 0.3 is 0 Å². The Morgan fingerprint density at radius 1 is 0.600 bits per heavy atom.